The number of rotatable bonds is 3. The number of halogens is 3. The van der Waals surface area contributed by atoms with Gasteiger partial charge in [-0.2, -0.15) is 18.2 Å². The second-order valence-corrected chi connectivity index (χ2v) is 3.96. The van der Waals surface area contributed by atoms with Crippen LogP contribution in [0.4, 0.5) is 13.2 Å². The Kier molecular flexibility index (Phi) is 3.73. The molecule has 1 aromatic carbocycles. The fourth-order valence-electron chi connectivity index (χ4n) is 1.59. The molecule has 0 saturated carbocycles. The first-order valence-corrected chi connectivity index (χ1v) is 5.61. The van der Waals surface area contributed by atoms with Crippen molar-refractivity contribution in [1.29, 1.82) is 0 Å². The lowest BCUT2D eigenvalue weighted by Gasteiger charge is -2.11. The Labute approximate surface area is 111 Å². The monoisotopic (exact) mass is 285 g/mol. The number of benzene rings is 1. The highest BCUT2D eigenvalue weighted by Crippen LogP contribution is 2.31. The summed E-state index contributed by atoms with van der Waals surface area (Å²) < 4.78 is 43.0. The molecule has 8 heteroatoms. The first-order valence-electron chi connectivity index (χ1n) is 5.61. The van der Waals surface area contributed by atoms with Gasteiger partial charge in [0.2, 0.25) is 5.89 Å². The number of nitrogens with zero attached hydrogens (tertiary/aromatic N) is 2. The number of aromatic nitrogens is 2. The van der Waals surface area contributed by atoms with Gasteiger partial charge in [-0.25, -0.2) is 0 Å². The lowest BCUT2D eigenvalue weighted by atomic mass is 10.1. The highest BCUT2D eigenvalue weighted by atomic mass is 19.4. The standard InChI is InChI=1S/C12H10F3N3O2/c1-7-17-10(20-18-7)6-16-11(19)8-4-2-3-5-9(8)12(13,14)15/h2-5H,6H2,1H3,(H,16,19). The number of alkyl halides is 3. The summed E-state index contributed by atoms with van der Waals surface area (Å²) in [7, 11) is 0. The molecule has 1 amide bonds. The quantitative estimate of drug-likeness (QED) is 0.939. The van der Waals surface area contributed by atoms with Gasteiger partial charge in [-0.15, -0.1) is 0 Å². The number of carbonyl (C=O) groups excluding carboxylic acids is 1. The summed E-state index contributed by atoms with van der Waals surface area (Å²) in [6.07, 6.45) is -4.59. The molecular formula is C12H10F3N3O2. The predicted molar refractivity (Wildman–Crippen MR) is 61.6 cm³/mol. The van der Waals surface area contributed by atoms with E-state index >= 15 is 0 Å². The fraction of sp³-hybridized carbons (Fsp3) is 0.250. The van der Waals surface area contributed by atoms with Crippen LogP contribution < -0.4 is 5.32 Å². The van der Waals surface area contributed by atoms with Gasteiger partial charge in [0.25, 0.3) is 5.91 Å². The second-order valence-electron chi connectivity index (χ2n) is 3.96. The molecule has 20 heavy (non-hydrogen) atoms. The summed E-state index contributed by atoms with van der Waals surface area (Å²) in [5.74, 6) is -0.348. The Morgan fingerprint density at radius 1 is 1.35 bits per heavy atom. The summed E-state index contributed by atoms with van der Waals surface area (Å²) >= 11 is 0. The Hall–Kier alpha value is -2.38. The number of aryl methyl sites for hydroxylation is 1. The molecule has 0 aliphatic carbocycles. The van der Waals surface area contributed by atoms with Crippen LogP contribution in [0.15, 0.2) is 28.8 Å². The maximum absolute atomic E-state index is 12.8. The van der Waals surface area contributed by atoms with Gasteiger partial charge in [-0.05, 0) is 19.1 Å². The normalized spacial score (nSPS) is 11.4. The van der Waals surface area contributed by atoms with Gasteiger partial charge in [0.1, 0.15) is 0 Å². The highest BCUT2D eigenvalue weighted by molar-refractivity contribution is 5.95. The summed E-state index contributed by atoms with van der Waals surface area (Å²) in [5, 5.41) is 5.81. The van der Waals surface area contributed by atoms with Crippen LogP contribution in [0.5, 0.6) is 0 Å². The molecule has 0 unspecified atom stereocenters. The minimum atomic E-state index is -4.59. The average Bonchev–Trinajstić information content (AvgIpc) is 2.81. The molecule has 1 N–H and O–H groups in total. The van der Waals surface area contributed by atoms with Crippen LogP contribution in [-0.4, -0.2) is 16.0 Å². The molecule has 0 saturated heterocycles. The second kappa shape index (κ2) is 5.32. The van der Waals surface area contributed by atoms with Crippen LogP contribution in [0.25, 0.3) is 0 Å². The smallest absolute Gasteiger partial charge is 0.343 e. The molecule has 0 bridgehead atoms. The van der Waals surface area contributed by atoms with E-state index in [0.29, 0.717) is 5.82 Å². The lowest BCUT2D eigenvalue weighted by Crippen LogP contribution is -2.26. The van der Waals surface area contributed by atoms with Crippen molar-refractivity contribution < 1.29 is 22.5 Å². The molecule has 1 heterocycles. The number of amides is 1. The number of hydrogen-bond acceptors (Lipinski definition) is 4. The molecule has 2 aromatic rings. The van der Waals surface area contributed by atoms with Crippen molar-refractivity contribution in [2.75, 3.05) is 0 Å². The van der Waals surface area contributed by atoms with Crippen molar-refractivity contribution >= 4 is 5.91 Å². The Bertz CT molecular complexity index is 622. The van der Waals surface area contributed by atoms with Crippen molar-refractivity contribution in [2.24, 2.45) is 0 Å². The van der Waals surface area contributed by atoms with Crippen LogP contribution in [0.1, 0.15) is 27.6 Å². The largest absolute Gasteiger partial charge is 0.417 e. The topological polar surface area (TPSA) is 68.0 Å². The van der Waals surface area contributed by atoms with E-state index in [1.807, 2.05) is 0 Å². The van der Waals surface area contributed by atoms with Gasteiger partial charge in [-0.1, -0.05) is 17.3 Å². The summed E-state index contributed by atoms with van der Waals surface area (Å²) in [5.41, 5.74) is -1.43. The summed E-state index contributed by atoms with van der Waals surface area (Å²) in [4.78, 5) is 15.6. The molecule has 106 valence electrons. The van der Waals surface area contributed by atoms with E-state index in [-0.39, 0.29) is 12.4 Å². The first kappa shape index (κ1) is 14.0. The Morgan fingerprint density at radius 2 is 2.05 bits per heavy atom. The third-order valence-electron chi connectivity index (χ3n) is 2.45. The number of hydrogen-bond donors (Lipinski definition) is 1. The summed E-state index contributed by atoms with van der Waals surface area (Å²) in [6.45, 7) is 1.46. The SMILES string of the molecule is Cc1noc(CNC(=O)c2ccccc2C(F)(F)F)n1. The Morgan fingerprint density at radius 3 is 2.65 bits per heavy atom. The van der Waals surface area contributed by atoms with E-state index in [1.54, 1.807) is 6.92 Å². The molecule has 0 spiro atoms. The fourth-order valence-corrected chi connectivity index (χ4v) is 1.59. The molecule has 0 atom stereocenters. The maximum atomic E-state index is 12.8. The van der Waals surface area contributed by atoms with Crippen LogP contribution in [-0.2, 0) is 12.7 Å². The molecule has 1 aromatic heterocycles. The zero-order valence-corrected chi connectivity index (χ0v) is 10.4. The van der Waals surface area contributed by atoms with Crippen molar-refractivity contribution in [2.45, 2.75) is 19.6 Å². The van der Waals surface area contributed by atoms with Gasteiger partial charge >= 0.3 is 6.18 Å². The lowest BCUT2D eigenvalue weighted by molar-refractivity contribution is -0.137. The molecule has 0 fully saturated rings. The number of carbonyl (C=O) groups is 1. The van der Waals surface area contributed by atoms with E-state index in [9.17, 15) is 18.0 Å². The molecule has 0 aliphatic rings. The molecule has 5 nitrogen and oxygen atoms in total. The molecular weight excluding hydrogens is 275 g/mol. The van der Waals surface area contributed by atoms with Crippen LogP contribution in [0.3, 0.4) is 0 Å². The third kappa shape index (κ3) is 3.14. The molecule has 2 rings (SSSR count). The van der Waals surface area contributed by atoms with E-state index in [2.05, 4.69) is 15.5 Å². The number of nitrogens with one attached hydrogen (secondary N) is 1. The summed E-state index contributed by atoms with van der Waals surface area (Å²) in [6, 6.07) is 4.55. The van der Waals surface area contributed by atoms with Crippen LogP contribution in [0, 0.1) is 6.92 Å². The van der Waals surface area contributed by atoms with Gasteiger partial charge in [0.15, 0.2) is 5.82 Å². The van der Waals surface area contributed by atoms with E-state index in [1.165, 1.54) is 12.1 Å². The Balaban J connectivity index is 2.13. The van der Waals surface area contributed by atoms with Gasteiger partial charge in [-0.3, -0.25) is 4.79 Å². The van der Waals surface area contributed by atoms with Crippen molar-refractivity contribution in [3.63, 3.8) is 0 Å². The van der Waals surface area contributed by atoms with Crippen molar-refractivity contribution in [1.82, 2.24) is 15.5 Å². The minimum Gasteiger partial charge on any atom is -0.343 e. The minimum absolute atomic E-state index is 0.125. The van der Waals surface area contributed by atoms with Crippen molar-refractivity contribution in [3.8, 4) is 0 Å². The zero-order chi connectivity index (χ0) is 14.8. The first-order chi connectivity index (χ1) is 9.38. The van der Waals surface area contributed by atoms with E-state index in [4.69, 9.17) is 4.52 Å². The van der Waals surface area contributed by atoms with Gasteiger partial charge < -0.3 is 9.84 Å². The predicted octanol–water partition coefficient (Wildman–Crippen LogP) is 2.33. The van der Waals surface area contributed by atoms with Crippen LogP contribution >= 0.6 is 0 Å². The van der Waals surface area contributed by atoms with E-state index in [0.717, 1.165) is 12.1 Å². The van der Waals surface area contributed by atoms with Crippen molar-refractivity contribution in [3.05, 3.63) is 47.1 Å². The highest BCUT2D eigenvalue weighted by Gasteiger charge is 2.34. The van der Waals surface area contributed by atoms with Crippen LogP contribution in [0.2, 0.25) is 0 Å². The molecule has 0 aliphatic heterocycles. The van der Waals surface area contributed by atoms with Gasteiger partial charge in [0.05, 0.1) is 17.7 Å². The van der Waals surface area contributed by atoms with Gasteiger partial charge in [0, 0.05) is 0 Å². The molecule has 0 radical (unpaired) electrons. The maximum Gasteiger partial charge on any atom is 0.417 e. The third-order valence-corrected chi connectivity index (χ3v) is 2.45. The zero-order valence-electron chi connectivity index (χ0n) is 10.4. The van der Waals surface area contributed by atoms with E-state index < -0.39 is 23.2 Å². The average molecular weight is 285 g/mol.